The number of aryl methyl sites for hydroxylation is 2. The Bertz CT molecular complexity index is 929. The molecule has 0 aliphatic heterocycles. The first-order chi connectivity index (χ1) is 10.5. The predicted molar refractivity (Wildman–Crippen MR) is 86.2 cm³/mol. The van der Waals surface area contributed by atoms with Crippen molar-refractivity contribution in [3.05, 3.63) is 69.6 Å². The molecule has 2 aromatic heterocycles. The summed E-state index contributed by atoms with van der Waals surface area (Å²) in [6.07, 6.45) is 1.59. The highest BCUT2D eigenvalue weighted by Crippen LogP contribution is 2.15. The molecule has 0 saturated carbocycles. The van der Waals surface area contributed by atoms with Gasteiger partial charge in [0.2, 0.25) is 0 Å². The van der Waals surface area contributed by atoms with Gasteiger partial charge in [-0.2, -0.15) is 0 Å². The highest BCUT2D eigenvalue weighted by molar-refractivity contribution is 6.05. The summed E-state index contributed by atoms with van der Waals surface area (Å²) in [5.74, 6) is -0.435. The molecule has 0 atom stereocenters. The smallest absolute Gasteiger partial charge is 0.262 e. The number of carbonyl (C=O) groups is 1. The molecule has 2 N–H and O–H groups in total. The fraction of sp³-hybridized carbons (Fsp3) is 0.118. The Morgan fingerprint density at radius 1 is 1.14 bits per heavy atom. The summed E-state index contributed by atoms with van der Waals surface area (Å²) in [5, 5.41) is 3.47. The maximum atomic E-state index is 12.3. The zero-order chi connectivity index (χ0) is 15.7. The summed E-state index contributed by atoms with van der Waals surface area (Å²) in [4.78, 5) is 31.0. The van der Waals surface area contributed by atoms with Crippen molar-refractivity contribution in [3.8, 4) is 0 Å². The molecule has 0 aliphatic carbocycles. The molecule has 0 saturated heterocycles. The van der Waals surface area contributed by atoms with Crippen molar-refractivity contribution in [2.75, 3.05) is 5.32 Å². The maximum absolute atomic E-state index is 12.3. The summed E-state index contributed by atoms with van der Waals surface area (Å²) >= 11 is 0. The van der Waals surface area contributed by atoms with Crippen molar-refractivity contribution in [2.45, 2.75) is 13.8 Å². The lowest BCUT2D eigenvalue weighted by molar-refractivity contribution is 0.102. The van der Waals surface area contributed by atoms with Gasteiger partial charge in [0.05, 0.1) is 0 Å². The van der Waals surface area contributed by atoms with Crippen LogP contribution in [0.3, 0.4) is 0 Å². The van der Waals surface area contributed by atoms with Crippen LogP contribution < -0.4 is 10.9 Å². The SMILES string of the molecule is Cc1ccc(NC(=O)c2cc3cccnc3[nH]c2=O)cc1C. The number of amides is 1. The van der Waals surface area contributed by atoms with Gasteiger partial charge in [-0.1, -0.05) is 6.07 Å². The molecular weight excluding hydrogens is 278 g/mol. The van der Waals surface area contributed by atoms with Gasteiger partial charge in [-0.3, -0.25) is 9.59 Å². The van der Waals surface area contributed by atoms with Crippen molar-refractivity contribution in [2.24, 2.45) is 0 Å². The van der Waals surface area contributed by atoms with E-state index in [1.165, 1.54) is 0 Å². The molecule has 5 heteroatoms. The number of rotatable bonds is 2. The lowest BCUT2D eigenvalue weighted by Gasteiger charge is -2.08. The second-order valence-electron chi connectivity index (χ2n) is 5.21. The number of pyridine rings is 2. The summed E-state index contributed by atoms with van der Waals surface area (Å²) in [6, 6.07) is 10.7. The van der Waals surface area contributed by atoms with Gasteiger partial charge >= 0.3 is 0 Å². The minimum Gasteiger partial charge on any atom is -0.322 e. The van der Waals surface area contributed by atoms with Crippen molar-refractivity contribution in [1.29, 1.82) is 0 Å². The third kappa shape index (κ3) is 2.61. The minimum absolute atomic E-state index is 0.0683. The van der Waals surface area contributed by atoms with Crippen LogP contribution in [0.5, 0.6) is 0 Å². The van der Waals surface area contributed by atoms with E-state index in [4.69, 9.17) is 0 Å². The van der Waals surface area contributed by atoms with Crippen LogP contribution in [0.4, 0.5) is 5.69 Å². The second kappa shape index (κ2) is 5.44. The van der Waals surface area contributed by atoms with Gasteiger partial charge in [-0.05, 0) is 55.3 Å². The molecule has 22 heavy (non-hydrogen) atoms. The van der Waals surface area contributed by atoms with Gasteiger partial charge in [0.1, 0.15) is 11.2 Å². The number of nitrogens with one attached hydrogen (secondary N) is 2. The highest BCUT2D eigenvalue weighted by atomic mass is 16.2. The molecule has 3 aromatic rings. The van der Waals surface area contributed by atoms with Gasteiger partial charge in [0.25, 0.3) is 11.5 Å². The third-order valence-electron chi connectivity index (χ3n) is 3.62. The zero-order valence-electron chi connectivity index (χ0n) is 12.3. The molecule has 0 radical (unpaired) electrons. The predicted octanol–water partition coefficient (Wildman–Crippen LogP) is 2.79. The largest absolute Gasteiger partial charge is 0.322 e. The van der Waals surface area contributed by atoms with Crippen LogP contribution in [0, 0.1) is 13.8 Å². The van der Waals surface area contributed by atoms with E-state index >= 15 is 0 Å². The van der Waals surface area contributed by atoms with Crippen LogP contribution in [-0.4, -0.2) is 15.9 Å². The van der Waals surface area contributed by atoms with Gasteiger partial charge in [0, 0.05) is 17.3 Å². The molecule has 1 amide bonds. The van der Waals surface area contributed by atoms with Crippen LogP contribution in [0.25, 0.3) is 11.0 Å². The van der Waals surface area contributed by atoms with Crippen molar-refractivity contribution >= 4 is 22.6 Å². The number of hydrogen-bond donors (Lipinski definition) is 2. The number of anilines is 1. The lowest BCUT2D eigenvalue weighted by atomic mass is 10.1. The number of aromatic nitrogens is 2. The first-order valence-corrected chi connectivity index (χ1v) is 6.91. The zero-order valence-corrected chi connectivity index (χ0v) is 12.3. The Kier molecular flexibility index (Phi) is 3.47. The molecule has 0 aliphatic rings. The average Bonchev–Trinajstić information content (AvgIpc) is 2.50. The number of carbonyl (C=O) groups excluding carboxylic acids is 1. The first-order valence-electron chi connectivity index (χ1n) is 6.91. The topological polar surface area (TPSA) is 74.8 Å². The second-order valence-corrected chi connectivity index (χ2v) is 5.21. The summed E-state index contributed by atoms with van der Waals surface area (Å²) < 4.78 is 0. The van der Waals surface area contributed by atoms with Crippen LogP contribution in [0.2, 0.25) is 0 Å². The summed E-state index contributed by atoms with van der Waals surface area (Å²) in [5.41, 5.74) is 2.97. The molecule has 110 valence electrons. The van der Waals surface area contributed by atoms with E-state index in [-0.39, 0.29) is 5.56 Å². The average molecular weight is 293 g/mol. The highest BCUT2D eigenvalue weighted by Gasteiger charge is 2.12. The van der Waals surface area contributed by atoms with Crippen LogP contribution in [-0.2, 0) is 0 Å². The third-order valence-corrected chi connectivity index (χ3v) is 3.62. The first kappa shape index (κ1) is 14.0. The molecule has 5 nitrogen and oxygen atoms in total. The van der Waals surface area contributed by atoms with Crippen LogP contribution >= 0.6 is 0 Å². The quantitative estimate of drug-likeness (QED) is 0.763. The Hall–Kier alpha value is -2.95. The van der Waals surface area contributed by atoms with E-state index in [0.29, 0.717) is 16.7 Å². The number of H-pyrrole nitrogens is 1. The van der Waals surface area contributed by atoms with E-state index in [1.807, 2.05) is 32.0 Å². The van der Waals surface area contributed by atoms with E-state index < -0.39 is 11.5 Å². The minimum atomic E-state index is -0.451. The van der Waals surface area contributed by atoms with Gasteiger partial charge < -0.3 is 10.3 Å². The van der Waals surface area contributed by atoms with Crippen LogP contribution in [0.15, 0.2) is 47.4 Å². The Morgan fingerprint density at radius 2 is 1.95 bits per heavy atom. The fourth-order valence-corrected chi connectivity index (χ4v) is 2.22. The van der Waals surface area contributed by atoms with E-state index in [0.717, 1.165) is 11.1 Å². The number of nitrogens with zero attached hydrogens (tertiary/aromatic N) is 1. The number of fused-ring (bicyclic) bond motifs is 1. The lowest BCUT2D eigenvalue weighted by Crippen LogP contribution is -2.23. The van der Waals surface area contributed by atoms with E-state index in [2.05, 4.69) is 15.3 Å². The standard InChI is InChI=1S/C17H15N3O2/c1-10-5-6-13(8-11(10)2)19-16(21)14-9-12-4-3-7-18-15(12)20-17(14)22/h3-9H,1-2H3,(H,19,21)(H,18,20,22). The maximum Gasteiger partial charge on any atom is 0.262 e. The molecule has 1 aromatic carbocycles. The number of hydrogen-bond acceptors (Lipinski definition) is 3. The van der Waals surface area contributed by atoms with E-state index in [1.54, 1.807) is 24.4 Å². The van der Waals surface area contributed by atoms with Crippen LogP contribution in [0.1, 0.15) is 21.5 Å². The number of benzene rings is 1. The van der Waals surface area contributed by atoms with Crippen molar-refractivity contribution in [3.63, 3.8) is 0 Å². The van der Waals surface area contributed by atoms with Gasteiger partial charge in [-0.25, -0.2) is 4.98 Å². The summed E-state index contributed by atoms with van der Waals surface area (Å²) in [6.45, 7) is 3.97. The molecule has 0 bridgehead atoms. The molecule has 3 rings (SSSR count). The molecule has 2 heterocycles. The molecular formula is C17H15N3O2. The monoisotopic (exact) mass is 293 g/mol. The Balaban J connectivity index is 1.96. The summed E-state index contributed by atoms with van der Waals surface area (Å²) in [7, 11) is 0. The normalized spacial score (nSPS) is 10.6. The molecule has 0 unspecified atom stereocenters. The molecule has 0 spiro atoms. The van der Waals surface area contributed by atoms with Gasteiger partial charge in [-0.15, -0.1) is 0 Å². The number of aromatic amines is 1. The van der Waals surface area contributed by atoms with Gasteiger partial charge in [0.15, 0.2) is 0 Å². The Morgan fingerprint density at radius 3 is 2.73 bits per heavy atom. The van der Waals surface area contributed by atoms with E-state index in [9.17, 15) is 9.59 Å². The fourth-order valence-electron chi connectivity index (χ4n) is 2.22. The van der Waals surface area contributed by atoms with Crippen molar-refractivity contribution < 1.29 is 4.79 Å². The molecule has 0 fully saturated rings. The Labute approximate surface area is 127 Å². The van der Waals surface area contributed by atoms with Crippen molar-refractivity contribution in [1.82, 2.24) is 9.97 Å².